The van der Waals surface area contributed by atoms with Crippen LogP contribution >= 0.6 is 11.6 Å². The van der Waals surface area contributed by atoms with Crippen molar-refractivity contribution >= 4 is 17.3 Å². The Morgan fingerprint density at radius 1 is 1.20 bits per heavy atom. The van der Waals surface area contributed by atoms with E-state index in [2.05, 4.69) is 0 Å². The van der Waals surface area contributed by atoms with Gasteiger partial charge in [-0.2, -0.15) is 0 Å². The summed E-state index contributed by atoms with van der Waals surface area (Å²) in [6, 6.07) is 6.59. The first kappa shape index (κ1) is 14.2. The molecule has 104 valence electrons. The van der Waals surface area contributed by atoms with Gasteiger partial charge in [0.25, 0.3) is 5.69 Å². The molecule has 7 heteroatoms. The topological polar surface area (TPSA) is 52.4 Å². The first-order valence-corrected chi connectivity index (χ1v) is 5.86. The molecule has 0 N–H and O–H groups in total. The van der Waals surface area contributed by atoms with Crippen LogP contribution in [0.4, 0.5) is 14.5 Å². The predicted octanol–water partition coefficient (Wildman–Crippen LogP) is 4.11. The lowest BCUT2D eigenvalue weighted by molar-refractivity contribution is -0.384. The lowest BCUT2D eigenvalue weighted by Crippen LogP contribution is -2.00. The number of nitro groups is 1. The van der Waals surface area contributed by atoms with Gasteiger partial charge in [-0.1, -0.05) is 11.6 Å². The average Bonchev–Trinajstić information content (AvgIpc) is 2.41. The van der Waals surface area contributed by atoms with E-state index in [1.54, 1.807) is 0 Å². The van der Waals surface area contributed by atoms with Crippen molar-refractivity contribution in [1.29, 1.82) is 0 Å². The molecule has 0 unspecified atom stereocenters. The number of rotatable bonds is 4. The zero-order valence-corrected chi connectivity index (χ0v) is 10.7. The molecule has 20 heavy (non-hydrogen) atoms. The molecule has 0 heterocycles. The molecular weight excluding hydrogens is 292 g/mol. The number of hydrogen-bond acceptors (Lipinski definition) is 3. The fourth-order valence-corrected chi connectivity index (χ4v) is 1.70. The molecule has 0 aromatic heterocycles. The summed E-state index contributed by atoms with van der Waals surface area (Å²) in [5, 5.41) is 10.8. The Balaban J connectivity index is 2.20. The highest BCUT2D eigenvalue weighted by Crippen LogP contribution is 2.29. The van der Waals surface area contributed by atoms with Crippen molar-refractivity contribution in [3.05, 3.63) is 68.7 Å². The van der Waals surface area contributed by atoms with E-state index < -0.39 is 16.6 Å². The molecule has 2 rings (SSSR count). The molecule has 0 amide bonds. The first-order valence-electron chi connectivity index (χ1n) is 5.48. The van der Waals surface area contributed by atoms with Crippen LogP contribution in [-0.4, -0.2) is 4.92 Å². The Morgan fingerprint density at radius 3 is 2.65 bits per heavy atom. The molecule has 0 bridgehead atoms. The van der Waals surface area contributed by atoms with Crippen molar-refractivity contribution in [3.63, 3.8) is 0 Å². The van der Waals surface area contributed by atoms with Gasteiger partial charge in [0.2, 0.25) is 0 Å². The fourth-order valence-electron chi connectivity index (χ4n) is 1.53. The van der Waals surface area contributed by atoms with E-state index in [9.17, 15) is 18.9 Å². The minimum absolute atomic E-state index is 0.00688. The Labute approximate surface area is 117 Å². The van der Waals surface area contributed by atoms with Crippen molar-refractivity contribution in [3.8, 4) is 5.75 Å². The highest BCUT2D eigenvalue weighted by molar-refractivity contribution is 6.32. The smallest absolute Gasteiger partial charge is 0.273 e. The summed E-state index contributed by atoms with van der Waals surface area (Å²) in [6.07, 6.45) is 0. The van der Waals surface area contributed by atoms with Gasteiger partial charge in [0.15, 0.2) is 0 Å². The van der Waals surface area contributed by atoms with E-state index in [0.717, 1.165) is 24.3 Å². The molecule has 0 saturated carbocycles. The Bertz CT molecular complexity index is 664. The largest absolute Gasteiger partial charge is 0.487 e. The monoisotopic (exact) mass is 299 g/mol. The second-order valence-electron chi connectivity index (χ2n) is 3.90. The van der Waals surface area contributed by atoms with Crippen molar-refractivity contribution in [1.82, 2.24) is 0 Å². The van der Waals surface area contributed by atoms with Crippen LogP contribution in [0.25, 0.3) is 0 Å². The van der Waals surface area contributed by atoms with Crippen molar-refractivity contribution in [2.75, 3.05) is 0 Å². The SMILES string of the molecule is O=[N+]([O-])c1ccc(Cl)c(OCc2cc(F)ccc2F)c1. The second-order valence-corrected chi connectivity index (χ2v) is 4.30. The molecule has 2 aromatic carbocycles. The summed E-state index contributed by atoms with van der Waals surface area (Å²) in [7, 11) is 0. The molecule has 4 nitrogen and oxygen atoms in total. The third kappa shape index (κ3) is 3.21. The van der Waals surface area contributed by atoms with Gasteiger partial charge in [-0.25, -0.2) is 8.78 Å². The molecule has 0 atom stereocenters. The summed E-state index contributed by atoms with van der Waals surface area (Å²) < 4.78 is 31.6. The van der Waals surface area contributed by atoms with Gasteiger partial charge in [-0.05, 0) is 24.3 Å². The maximum Gasteiger partial charge on any atom is 0.273 e. The van der Waals surface area contributed by atoms with Gasteiger partial charge >= 0.3 is 0 Å². The molecule has 0 radical (unpaired) electrons. The summed E-state index contributed by atoms with van der Waals surface area (Å²) in [6.45, 7) is -0.287. The summed E-state index contributed by atoms with van der Waals surface area (Å²) in [5.74, 6) is -1.20. The molecule has 0 saturated heterocycles. The normalized spacial score (nSPS) is 10.3. The van der Waals surface area contributed by atoms with Crippen molar-refractivity contribution in [2.24, 2.45) is 0 Å². The molecule has 0 spiro atoms. The van der Waals surface area contributed by atoms with Crippen LogP contribution in [-0.2, 0) is 6.61 Å². The van der Waals surface area contributed by atoms with E-state index in [-0.39, 0.29) is 28.6 Å². The number of ether oxygens (including phenoxy) is 1. The first-order chi connectivity index (χ1) is 9.47. The number of non-ortho nitro benzene ring substituents is 1. The number of nitrogens with zero attached hydrogens (tertiary/aromatic N) is 1. The molecule has 0 aliphatic rings. The third-order valence-electron chi connectivity index (χ3n) is 2.52. The van der Waals surface area contributed by atoms with E-state index >= 15 is 0 Å². The van der Waals surface area contributed by atoms with Crippen molar-refractivity contribution in [2.45, 2.75) is 6.61 Å². The quantitative estimate of drug-likeness (QED) is 0.630. The molecule has 0 fully saturated rings. The Morgan fingerprint density at radius 2 is 1.95 bits per heavy atom. The summed E-state index contributed by atoms with van der Waals surface area (Å²) in [5.41, 5.74) is -0.211. The van der Waals surface area contributed by atoms with E-state index in [4.69, 9.17) is 16.3 Å². The van der Waals surface area contributed by atoms with Gasteiger partial charge in [0.05, 0.1) is 16.0 Å². The predicted molar refractivity (Wildman–Crippen MR) is 68.8 cm³/mol. The summed E-state index contributed by atoms with van der Waals surface area (Å²) in [4.78, 5) is 10.0. The zero-order valence-electron chi connectivity index (χ0n) is 9.98. The maximum atomic E-state index is 13.4. The van der Waals surface area contributed by atoms with Crippen molar-refractivity contribution < 1.29 is 18.4 Å². The number of nitro benzene ring substituents is 1. The van der Waals surface area contributed by atoms with Gasteiger partial charge in [-0.15, -0.1) is 0 Å². The van der Waals surface area contributed by atoms with Gasteiger partial charge in [0, 0.05) is 11.6 Å². The van der Waals surface area contributed by atoms with E-state index in [1.165, 1.54) is 12.1 Å². The van der Waals surface area contributed by atoms with Gasteiger partial charge in [-0.3, -0.25) is 10.1 Å². The minimum atomic E-state index is -0.632. The van der Waals surface area contributed by atoms with Crippen LogP contribution in [0.5, 0.6) is 5.75 Å². The number of hydrogen-bond donors (Lipinski definition) is 0. The Hall–Kier alpha value is -2.21. The second kappa shape index (κ2) is 5.83. The highest BCUT2D eigenvalue weighted by Gasteiger charge is 2.12. The highest BCUT2D eigenvalue weighted by atomic mass is 35.5. The fraction of sp³-hybridized carbons (Fsp3) is 0.0769. The number of benzene rings is 2. The lowest BCUT2D eigenvalue weighted by atomic mass is 10.2. The Kier molecular flexibility index (Phi) is 4.14. The van der Waals surface area contributed by atoms with Crippen LogP contribution in [0, 0.1) is 21.7 Å². The van der Waals surface area contributed by atoms with E-state index in [0.29, 0.717) is 0 Å². The average molecular weight is 300 g/mol. The maximum absolute atomic E-state index is 13.4. The third-order valence-corrected chi connectivity index (χ3v) is 2.83. The molecule has 2 aromatic rings. The van der Waals surface area contributed by atoms with Gasteiger partial charge in [0.1, 0.15) is 24.0 Å². The summed E-state index contributed by atoms with van der Waals surface area (Å²) >= 11 is 5.82. The molecular formula is C13H8ClF2NO3. The number of halogens is 3. The van der Waals surface area contributed by atoms with E-state index in [1.807, 2.05) is 0 Å². The van der Waals surface area contributed by atoms with Crippen LogP contribution in [0.1, 0.15) is 5.56 Å². The molecule has 0 aliphatic carbocycles. The standard InChI is InChI=1S/C13H8ClF2NO3/c14-11-3-2-10(17(18)19)6-13(11)20-7-8-5-9(15)1-4-12(8)16/h1-6H,7H2. The van der Waals surface area contributed by atoms with Crippen LogP contribution < -0.4 is 4.74 Å². The van der Waals surface area contributed by atoms with Gasteiger partial charge < -0.3 is 4.74 Å². The van der Waals surface area contributed by atoms with Crippen LogP contribution in [0.3, 0.4) is 0 Å². The van der Waals surface area contributed by atoms with Crippen LogP contribution in [0.2, 0.25) is 5.02 Å². The zero-order chi connectivity index (χ0) is 14.7. The minimum Gasteiger partial charge on any atom is -0.487 e. The molecule has 0 aliphatic heterocycles. The lowest BCUT2D eigenvalue weighted by Gasteiger charge is -2.08. The van der Waals surface area contributed by atoms with Crippen LogP contribution in [0.15, 0.2) is 36.4 Å².